The molecule has 1 aliphatic carbocycles. The number of ether oxygens (including phenoxy) is 1. The third-order valence-electron chi connectivity index (χ3n) is 4.40. The maximum Gasteiger partial charge on any atom is 0.407 e. The molecule has 1 aromatic rings. The molecule has 0 aliphatic heterocycles. The van der Waals surface area contributed by atoms with Gasteiger partial charge in [0.25, 0.3) is 0 Å². The minimum Gasteiger partial charge on any atom is -0.478 e. The van der Waals surface area contributed by atoms with E-state index in [9.17, 15) is 14.0 Å². The van der Waals surface area contributed by atoms with Crippen LogP contribution in [0.1, 0.15) is 62.4 Å². The lowest BCUT2D eigenvalue weighted by Crippen LogP contribution is -2.50. The van der Waals surface area contributed by atoms with Crippen LogP contribution in [0, 0.1) is 12.7 Å². The summed E-state index contributed by atoms with van der Waals surface area (Å²) in [5.74, 6) is -2.46. The molecular weight excluding hydrogens is 355 g/mol. The first-order valence-electron chi connectivity index (χ1n) is 8.94. The number of amides is 1. The summed E-state index contributed by atoms with van der Waals surface area (Å²) in [5.41, 5.74) is 4.65. The number of halogens is 1. The Labute approximate surface area is 157 Å². The lowest BCUT2D eigenvalue weighted by Gasteiger charge is -2.34. The summed E-state index contributed by atoms with van der Waals surface area (Å²) in [5, 5.41) is 15.0. The van der Waals surface area contributed by atoms with Crippen LogP contribution in [0.3, 0.4) is 0 Å². The van der Waals surface area contributed by atoms with E-state index in [1.54, 1.807) is 20.8 Å². The SMILES string of the molecule is Cc1c(F)c(N[C@@H]2CCCC[C@@H]2NC(=O)OC(C)(C)C)nc(N)c1C(=O)O. The van der Waals surface area contributed by atoms with Crippen molar-refractivity contribution in [2.75, 3.05) is 11.1 Å². The fraction of sp³-hybridized carbons (Fsp3) is 0.611. The number of nitrogens with zero attached hydrogens (tertiary/aromatic N) is 1. The van der Waals surface area contributed by atoms with E-state index in [0.29, 0.717) is 12.8 Å². The van der Waals surface area contributed by atoms with Gasteiger partial charge in [-0.15, -0.1) is 0 Å². The van der Waals surface area contributed by atoms with Crippen LogP contribution < -0.4 is 16.4 Å². The molecule has 1 heterocycles. The van der Waals surface area contributed by atoms with Crippen molar-refractivity contribution in [2.45, 2.75) is 71.1 Å². The van der Waals surface area contributed by atoms with Gasteiger partial charge in [-0.1, -0.05) is 12.8 Å². The highest BCUT2D eigenvalue weighted by atomic mass is 19.1. The van der Waals surface area contributed by atoms with Crippen molar-refractivity contribution in [1.82, 2.24) is 10.3 Å². The summed E-state index contributed by atoms with van der Waals surface area (Å²) in [7, 11) is 0. The third kappa shape index (κ3) is 5.21. The molecule has 1 aromatic heterocycles. The number of nitrogens with two attached hydrogens (primary N) is 1. The average Bonchev–Trinajstić information content (AvgIpc) is 2.52. The summed E-state index contributed by atoms with van der Waals surface area (Å²) < 4.78 is 19.9. The second-order valence-corrected chi connectivity index (χ2v) is 7.75. The number of nitrogens with one attached hydrogen (secondary N) is 2. The van der Waals surface area contributed by atoms with Crippen molar-refractivity contribution in [3.63, 3.8) is 0 Å². The quantitative estimate of drug-likeness (QED) is 0.630. The number of hydrogen-bond acceptors (Lipinski definition) is 6. The van der Waals surface area contributed by atoms with E-state index in [2.05, 4.69) is 15.6 Å². The molecule has 0 aromatic carbocycles. The van der Waals surface area contributed by atoms with Crippen molar-refractivity contribution in [3.8, 4) is 0 Å². The number of anilines is 2. The number of nitrogen functional groups attached to an aromatic ring is 1. The van der Waals surface area contributed by atoms with Crippen LogP contribution in [-0.4, -0.2) is 39.8 Å². The number of rotatable bonds is 4. The summed E-state index contributed by atoms with van der Waals surface area (Å²) >= 11 is 0. The van der Waals surface area contributed by atoms with Crippen LogP contribution in [0.25, 0.3) is 0 Å². The Morgan fingerprint density at radius 3 is 2.41 bits per heavy atom. The Morgan fingerprint density at radius 1 is 1.26 bits per heavy atom. The molecule has 0 unspecified atom stereocenters. The van der Waals surface area contributed by atoms with Crippen molar-refractivity contribution in [3.05, 3.63) is 16.9 Å². The standard InChI is InChI=1S/C18H27FN4O4/c1-9-12(16(24)25)14(20)23-15(13(9)19)21-10-7-5-6-8-11(10)22-17(26)27-18(2,3)4/h10-11H,5-8H2,1-4H3,(H,22,26)(H,24,25)(H3,20,21,23)/t10-,11+/m1/s1. The van der Waals surface area contributed by atoms with Gasteiger partial charge in [0, 0.05) is 11.6 Å². The highest BCUT2D eigenvalue weighted by Gasteiger charge is 2.30. The summed E-state index contributed by atoms with van der Waals surface area (Å²) in [6.45, 7) is 6.67. The molecule has 27 heavy (non-hydrogen) atoms. The smallest absolute Gasteiger partial charge is 0.407 e. The lowest BCUT2D eigenvalue weighted by atomic mass is 9.90. The third-order valence-corrected chi connectivity index (χ3v) is 4.40. The fourth-order valence-electron chi connectivity index (χ4n) is 3.18. The minimum atomic E-state index is -1.33. The highest BCUT2D eigenvalue weighted by molar-refractivity contribution is 5.94. The second-order valence-electron chi connectivity index (χ2n) is 7.75. The number of hydrogen-bond donors (Lipinski definition) is 4. The molecule has 0 radical (unpaired) electrons. The number of carboxylic acid groups (broad SMARTS) is 1. The summed E-state index contributed by atoms with van der Waals surface area (Å²) in [6.07, 6.45) is 2.70. The van der Waals surface area contributed by atoms with Gasteiger partial charge in [-0.3, -0.25) is 0 Å². The van der Waals surface area contributed by atoms with Crippen LogP contribution in [0.15, 0.2) is 0 Å². The van der Waals surface area contributed by atoms with Gasteiger partial charge in [-0.05, 0) is 40.5 Å². The van der Waals surface area contributed by atoms with Gasteiger partial charge in [0.15, 0.2) is 11.6 Å². The molecule has 150 valence electrons. The first-order chi connectivity index (χ1) is 12.5. The molecule has 2 atom stereocenters. The number of alkyl carbamates (subject to hydrolysis) is 1. The first-order valence-corrected chi connectivity index (χ1v) is 8.94. The number of aromatic nitrogens is 1. The van der Waals surface area contributed by atoms with E-state index in [1.165, 1.54) is 6.92 Å². The zero-order valence-corrected chi connectivity index (χ0v) is 16.1. The van der Waals surface area contributed by atoms with Crippen LogP contribution in [0.4, 0.5) is 20.8 Å². The highest BCUT2D eigenvalue weighted by Crippen LogP contribution is 2.27. The number of carboxylic acids is 1. The normalized spacial score (nSPS) is 20.0. The molecule has 0 bridgehead atoms. The maximum absolute atomic E-state index is 14.6. The monoisotopic (exact) mass is 382 g/mol. The Kier molecular flexibility index (Phi) is 6.12. The Hall–Kier alpha value is -2.58. The number of aromatic carboxylic acids is 1. The Morgan fingerprint density at radius 2 is 1.85 bits per heavy atom. The van der Waals surface area contributed by atoms with E-state index in [4.69, 9.17) is 15.6 Å². The summed E-state index contributed by atoms with van der Waals surface area (Å²) in [6, 6.07) is -0.543. The van der Waals surface area contributed by atoms with Crippen LogP contribution in [0.5, 0.6) is 0 Å². The van der Waals surface area contributed by atoms with E-state index in [1.807, 2.05) is 0 Å². The molecule has 1 saturated carbocycles. The van der Waals surface area contributed by atoms with Gasteiger partial charge < -0.3 is 26.2 Å². The van der Waals surface area contributed by atoms with Gasteiger partial charge >= 0.3 is 12.1 Å². The van der Waals surface area contributed by atoms with Crippen LogP contribution >= 0.6 is 0 Å². The van der Waals surface area contributed by atoms with Crippen LogP contribution in [0.2, 0.25) is 0 Å². The fourth-order valence-corrected chi connectivity index (χ4v) is 3.18. The molecule has 0 saturated heterocycles. The average molecular weight is 382 g/mol. The van der Waals surface area contributed by atoms with E-state index in [-0.39, 0.29) is 34.8 Å². The molecule has 5 N–H and O–H groups in total. The predicted molar refractivity (Wildman–Crippen MR) is 99.3 cm³/mol. The van der Waals surface area contributed by atoms with Gasteiger partial charge in [0.05, 0.1) is 6.04 Å². The van der Waals surface area contributed by atoms with Crippen LogP contribution in [-0.2, 0) is 4.74 Å². The number of carbonyl (C=O) groups is 2. The Balaban J connectivity index is 2.19. The van der Waals surface area contributed by atoms with E-state index >= 15 is 0 Å². The topological polar surface area (TPSA) is 127 Å². The number of pyridine rings is 1. The summed E-state index contributed by atoms with van der Waals surface area (Å²) in [4.78, 5) is 27.2. The second kappa shape index (κ2) is 7.98. The van der Waals surface area contributed by atoms with E-state index in [0.717, 1.165) is 12.8 Å². The van der Waals surface area contributed by atoms with Gasteiger partial charge in [-0.25, -0.2) is 19.0 Å². The molecular formula is C18H27FN4O4. The van der Waals surface area contributed by atoms with Gasteiger partial charge in [0.2, 0.25) is 0 Å². The van der Waals surface area contributed by atoms with Gasteiger partial charge in [0.1, 0.15) is 17.0 Å². The Bertz CT molecular complexity index is 733. The molecule has 0 spiro atoms. The predicted octanol–water partition coefficient (Wildman–Crippen LogP) is 3.06. The largest absolute Gasteiger partial charge is 0.478 e. The molecule has 1 fully saturated rings. The zero-order valence-electron chi connectivity index (χ0n) is 16.1. The molecule has 1 aliphatic rings. The van der Waals surface area contributed by atoms with Gasteiger partial charge in [-0.2, -0.15) is 0 Å². The zero-order chi connectivity index (χ0) is 20.4. The molecule has 2 rings (SSSR count). The van der Waals surface area contributed by atoms with Crippen molar-refractivity contribution >= 4 is 23.7 Å². The molecule has 1 amide bonds. The maximum atomic E-state index is 14.6. The minimum absolute atomic E-state index is 0.0787. The lowest BCUT2D eigenvalue weighted by molar-refractivity contribution is 0.0488. The van der Waals surface area contributed by atoms with Crippen molar-refractivity contribution < 1.29 is 23.8 Å². The number of carbonyl (C=O) groups excluding carboxylic acids is 1. The van der Waals surface area contributed by atoms with E-state index < -0.39 is 23.5 Å². The van der Waals surface area contributed by atoms with Crippen molar-refractivity contribution in [2.24, 2.45) is 0 Å². The first kappa shape index (κ1) is 20.7. The molecule has 8 nitrogen and oxygen atoms in total. The van der Waals surface area contributed by atoms with Crippen molar-refractivity contribution in [1.29, 1.82) is 0 Å². The molecule has 9 heteroatoms.